The van der Waals surface area contributed by atoms with Crippen LogP contribution in [0.15, 0.2) is 51.6 Å². The Morgan fingerprint density at radius 3 is 2.60 bits per heavy atom. The molecule has 2 fully saturated rings. The van der Waals surface area contributed by atoms with E-state index in [0.29, 0.717) is 34.6 Å². The van der Waals surface area contributed by atoms with E-state index < -0.39 is 5.92 Å². The van der Waals surface area contributed by atoms with E-state index in [1.165, 1.54) is 31.3 Å². The summed E-state index contributed by atoms with van der Waals surface area (Å²) in [7, 11) is 0. The van der Waals surface area contributed by atoms with E-state index in [1.807, 2.05) is 23.1 Å². The summed E-state index contributed by atoms with van der Waals surface area (Å²) in [6, 6.07) is 9.32. The minimum atomic E-state index is -2.66. The maximum Gasteiger partial charge on any atom is 0.257 e. The molecule has 0 radical (unpaired) electrons. The number of hydrogen-bond acceptors (Lipinski definition) is 4. The van der Waals surface area contributed by atoms with Crippen molar-refractivity contribution in [2.75, 3.05) is 23.3 Å². The summed E-state index contributed by atoms with van der Waals surface area (Å²) in [6.45, 7) is 0.363. The fraction of sp³-hybridized carbons (Fsp3) is 0.407. The Balaban J connectivity index is 1.32. The minimum Gasteiger partial charge on any atom is -0.460 e. The normalized spacial score (nSPS) is 23.4. The molecule has 1 saturated heterocycles. The molecule has 1 aromatic carbocycles. The molecule has 182 valence electrons. The van der Waals surface area contributed by atoms with Crippen LogP contribution in [0.3, 0.4) is 0 Å². The highest BCUT2D eigenvalue weighted by atomic mass is 79.9. The predicted molar refractivity (Wildman–Crippen MR) is 136 cm³/mol. The summed E-state index contributed by atoms with van der Waals surface area (Å²) >= 11 is 3.58. The van der Waals surface area contributed by atoms with E-state index in [0.717, 1.165) is 15.4 Å². The van der Waals surface area contributed by atoms with E-state index in [1.54, 1.807) is 18.4 Å². The number of piperidine rings is 1. The number of rotatable bonds is 4. The van der Waals surface area contributed by atoms with E-state index in [4.69, 9.17) is 4.42 Å². The molecule has 8 heteroatoms. The number of pyridine rings is 1. The summed E-state index contributed by atoms with van der Waals surface area (Å²) in [5.41, 5.74) is 3.39. The monoisotopic (exact) mass is 541 g/mol. The molecule has 1 N–H and O–H groups in total. The summed E-state index contributed by atoms with van der Waals surface area (Å²) in [5.74, 6) is -0.942. The van der Waals surface area contributed by atoms with Gasteiger partial charge in [0.2, 0.25) is 0 Å². The van der Waals surface area contributed by atoms with Crippen molar-refractivity contribution in [3.05, 3.63) is 58.3 Å². The number of benzene rings is 1. The van der Waals surface area contributed by atoms with Crippen LogP contribution in [0.2, 0.25) is 0 Å². The number of furan rings is 1. The Bertz CT molecular complexity index is 1320. The molecule has 0 unspecified atom stereocenters. The van der Waals surface area contributed by atoms with Crippen LogP contribution in [0.1, 0.15) is 54.4 Å². The zero-order chi connectivity index (χ0) is 24.2. The lowest BCUT2D eigenvalue weighted by atomic mass is 9.69. The van der Waals surface area contributed by atoms with Gasteiger partial charge in [-0.1, -0.05) is 22.0 Å². The smallest absolute Gasteiger partial charge is 0.257 e. The lowest BCUT2D eigenvalue weighted by Crippen LogP contribution is -2.39. The van der Waals surface area contributed by atoms with Gasteiger partial charge in [-0.15, -0.1) is 0 Å². The second-order valence-corrected chi connectivity index (χ2v) is 10.8. The summed E-state index contributed by atoms with van der Waals surface area (Å²) in [6.07, 6.45) is 8.24. The summed E-state index contributed by atoms with van der Waals surface area (Å²) in [5, 5.41) is 3.74. The van der Waals surface area contributed by atoms with Gasteiger partial charge in [0, 0.05) is 41.4 Å². The van der Waals surface area contributed by atoms with E-state index in [9.17, 15) is 13.6 Å². The first-order chi connectivity index (χ1) is 16.9. The highest BCUT2D eigenvalue weighted by molar-refractivity contribution is 9.10. The third-order valence-electron chi connectivity index (χ3n) is 7.62. The average Bonchev–Trinajstić information content (AvgIpc) is 3.33. The first-order valence-electron chi connectivity index (χ1n) is 12.2. The molecule has 3 aromatic rings. The Kier molecular flexibility index (Phi) is 5.66. The number of alkyl halides is 2. The van der Waals surface area contributed by atoms with Crippen LogP contribution in [0.5, 0.6) is 0 Å². The average molecular weight is 542 g/mol. The van der Waals surface area contributed by atoms with Crippen molar-refractivity contribution in [2.24, 2.45) is 11.8 Å². The number of nitrogens with zero attached hydrogens (tertiary/aromatic N) is 2. The van der Waals surface area contributed by atoms with Crippen LogP contribution >= 0.6 is 15.9 Å². The second-order valence-electron chi connectivity index (χ2n) is 9.89. The lowest BCUT2D eigenvalue weighted by molar-refractivity contribution is -0.0221. The number of carbonyl (C=O) groups is 1. The van der Waals surface area contributed by atoms with Crippen molar-refractivity contribution >= 4 is 50.0 Å². The number of halogens is 3. The lowest BCUT2D eigenvalue weighted by Gasteiger charge is -2.36. The molecular formula is C27H26BrF2N3O2. The van der Waals surface area contributed by atoms with Gasteiger partial charge >= 0.3 is 0 Å². The molecule has 2 aromatic heterocycles. The molecule has 4 aliphatic rings. The zero-order valence-electron chi connectivity index (χ0n) is 19.2. The molecule has 7 rings (SSSR count). The maximum atomic E-state index is 13.7. The number of carbonyl (C=O) groups excluding carboxylic acids is 1. The van der Waals surface area contributed by atoms with Gasteiger partial charge in [0.25, 0.3) is 11.8 Å². The molecular weight excluding hydrogens is 516 g/mol. The van der Waals surface area contributed by atoms with Crippen molar-refractivity contribution in [1.29, 1.82) is 0 Å². The molecule has 0 atom stereocenters. The van der Waals surface area contributed by atoms with Gasteiger partial charge in [-0.05, 0) is 79.0 Å². The standard InChI is InChI=1S/C27H26BrF2N3O2/c28-19-5-6-20(22(15-19)21-13-16-1-3-17(21)4-2-16)26(34)32-23-14-18-7-12-35-24(18)25(31-23)33-10-8-27(29,30)9-11-33/h5-7,12-17H,1-4,8-11H2,(H,31,32,34). The second kappa shape index (κ2) is 8.73. The van der Waals surface area contributed by atoms with Crippen LogP contribution in [-0.2, 0) is 0 Å². The van der Waals surface area contributed by atoms with Crippen molar-refractivity contribution in [3.8, 4) is 0 Å². The SMILES string of the molecule is O=C(Nc1cc2ccoc2c(N2CCC(F)(F)CC2)n1)c1ccc(Br)cc1C1=CC2CCC1CC2. The third-order valence-corrected chi connectivity index (χ3v) is 8.11. The Morgan fingerprint density at radius 2 is 1.89 bits per heavy atom. The fourth-order valence-corrected chi connectivity index (χ4v) is 6.08. The number of nitrogens with one attached hydrogen (secondary N) is 1. The zero-order valence-corrected chi connectivity index (χ0v) is 20.8. The Morgan fingerprint density at radius 1 is 1.11 bits per heavy atom. The van der Waals surface area contributed by atoms with E-state index in [2.05, 4.69) is 32.3 Å². The fourth-order valence-electron chi connectivity index (χ4n) is 5.72. The summed E-state index contributed by atoms with van der Waals surface area (Å²) in [4.78, 5) is 20.0. The molecule has 3 aliphatic carbocycles. The topological polar surface area (TPSA) is 58.4 Å². The van der Waals surface area contributed by atoms with Gasteiger partial charge in [0.15, 0.2) is 11.4 Å². The number of allylic oxidation sites excluding steroid dienone is 2. The number of aromatic nitrogens is 1. The van der Waals surface area contributed by atoms with Crippen molar-refractivity contribution in [3.63, 3.8) is 0 Å². The molecule has 2 bridgehead atoms. The van der Waals surface area contributed by atoms with Crippen LogP contribution < -0.4 is 10.2 Å². The van der Waals surface area contributed by atoms with Crippen molar-refractivity contribution in [1.82, 2.24) is 4.98 Å². The molecule has 3 heterocycles. The van der Waals surface area contributed by atoms with E-state index in [-0.39, 0.29) is 31.8 Å². The Labute approximate surface area is 210 Å². The number of amides is 1. The first-order valence-corrected chi connectivity index (χ1v) is 13.0. The maximum absolute atomic E-state index is 13.7. The van der Waals surface area contributed by atoms with Crippen LogP contribution in [-0.4, -0.2) is 29.9 Å². The van der Waals surface area contributed by atoms with Crippen LogP contribution in [0.25, 0.3) is 16.5 Å². The van der Waals surface area contributed by atoms with Crippen molar-refractivity contribution < 1.29 is 18.0 Å². The minimum absolute atomic E-state index is 0.181. The highest BCUT2D eigenvalue weighted by Crippen LogP contribution is 2.46. The first kappa shape index (κ1) is 22.7. The van der Waals surface area contributed by atoms with Gasteiger partial charge in [0.05, 0.1) is 6.26 Å². The van der Waals surface area contributed by atoms with Gasteiger partial charge in [-0.3, -0.25) is 4.79 Å². The predicted octanol–water partition coefficient (Wildman–Crippen LogP) is 7.28. The van der Waals surface area contributed by atoms with Gasteiger partial charge < -0.3 is 14.6 Å². The quantitative estimate of drug-likeness (QED) is 0.377. The van der Waals surface area contributed by atoms with Gasteiger partial charge in [-0.2, -0.15) is 0 Å². The van der Waals surface area contributed by atoms with Gasteiger partial charge in [-0.25, -0.2) is 13.8 Å². The summed E-state index contributed by atoms with van der Waals surface area (Å²) < 4.78 is 34.0. The molecule has 5 nitrogen and oxygen atoms in total. The van der Waals surface area contributed by atoms with Crippen LogP contribution in [0, 0.1) is 11.8 Å². The number of anilines is 2. The molecule has 35 heavy (non-hydrogen) atoms. The molecule has 0 spiro atoms. The van der Waals surface area contributed by atoms with E-state index >= 15 is 0 Å². The highest BCUT2D eigenvalue weighted by Gasteiger charge is 2.35. The molecule has 1 aliphatic heterocycles. The number of fused-ring (bicyclic) bond motifs is 3. The molecule has 1 saturated carbocycles. The molecule has 1 amide bonds. The Hall–Kier alpha value is -2.74. The van der Waals surface area contributed by atoms with Crippen LogP contribution in [0.4, 0.5) is 20.4 Å². The third kappa shape index (κ3) is 4.37. The van der Waals surface area contributed by atoms with Crippen molar-refractivity contribution in [2.45, 2.75) is 44.4 Å². The number of hydrogen-bond donors (Lipinski definition) is 1. The largest absolute Gasteiger partial charge is 0.460 e. The van der Waals surface area contributed by atoms with Gasteiger partial charge in [0.1, 0.15) is 5.82 Å².